The van der Waals surface area contributed by atoms with Crippen molar-refractivity contribution in [2.45, 2.75) is 43.8 Å². The van der Waals surface area contributed by atoms with E-state index in [2.05, 4.69) is 5.32 Å². The molecular formula is C15H21FN2O2S. The van der Waals surface area contributed by atoms with Crippen molar-refractivity contribution >= 4 is 28.1 Å². The van der Waals surface area contributed by atoms with Crippen LogP contribution >= 0.6 is 0 Å². The van der Waals surface area contributed by atoms with E-state index >= 15 is 0 Å². The van der Waals surface area contributed by atoms with Crippen molar-refractivity contribution in [3.63, 3.8) is 0 Å². The largest absolute Gasteiger partial charge is 0.396 e. The molecule has 1 aromatic carbocycles. The topological polar surface area (TPSA) is 72.2 Å². The zero-order valence-corrected chi connectivity index (χ0v) is 12.8. The fraction of sp³-hybridized carbons (Fsp3) is 0.533. The van der Waals surface area contributed by atoms with Crippen LogP contribution in [0.4, 0.5) is 15.8 Å². The summed E-state index contributed by atoms with van der Waals surface area (Å²) in [4.78, 5) is 11.8. The first-order valence-corrected chi connectivity index (χ1v) is 8.66. The number of amides is 1. The van der Waals surface area contributed by atoms with Crippen LogP contribution in [-0.2, 0) is 15.6 Å². The van der Waals surface area contributed by atoms with Gasteiger partial charge in [-0.15, -0.1) is 0 Å². The molecule has 1 aromatic rings. The van der Waals surface area contributed by atoms with Crippen molar-refractivity contribution < 1.29 is 13.4 Å². The summed E-state index contributed by atoms with van der Waals surface area (Å²) in [7, 11) is -0.815. The molecule has 3 N–H and O–H groups in total. The Labute approximate surface area is 126 Å². The number of rotatable bonds is 6. The lowest BCUT2D eigenvalue weighted by molar-refractivity contribution is -0.116. The SMILES string of the molecule is Nc1cc(NC(=O)CCCS(=O)C2CCCC2)ccc1F. The molecule has 1 amide bonds. The van der Waals surface area contributed by atoms with Gasteiger partial charge in [0.25, 0.3) is 0 Å². The third-order valence-electron chi connectivity index (χ3n) is 3.70. The number of carbonyl (C=O) groups is 1. The van der Waals surface area contributed by atoms with Gasteiger partial charge in [-0.1, -0.05) is 12.8 Å². The number of benzene rings is 1. The van der Waals surface area contributed by atoms with Crippen molar-refractivity contribution in [1.29, 1.82) is 0 Å². The van der Waals surface area contributed by atoms with Gasteiger partial charge < -0.3 is 11.1 Å². The molecule has 1 saturated carbocycles. The molecule has 1 unspecified atom stereocenters. The van der Waals surface area contributed by atoms with Crippen molar-refractivity contribution in [3.05, 3.63) is 24.0 Å². The van der Waals surface area contributed by atoms with Crippen LogP contribution in [0.5, 0.6) is 0 Å². The molecule has 0 saturated heterocycles. The van der Waals surface area contributed by atoms with Gasteiger partial charge in [-0.25, -0.2) is 4.39 Å². The summed E-state index contributed by atoms with van der Waals surface area (Å²) < 4.78 is 25.0. The Hall–Kier alpha value is -1.43. The van der Waals surface area contributed by atoms with E-state index in [0.717, 1.165) is 12.8 Å². The second kappa shape index (κ2) is 7.54. The molecule has 6 heteroatoms. The van der Waals surface area contributed by atoms with E-state index in [-0.39, 0.29) is 11.6 Å². The summed E-state index contributed by atoms with van der Waals surface area (Å²) in [5.41, 5.74) is 5.93. The molecule has 1 aliphatic carbocycles. The normalized spacial score (nSPS) is 16.8. The molecule has 2 rings (SSSR count). The van der Waals surface area contributed by atoms with Gasteiger partial charge in [-0.2, -0.15) is 0 Å². The van der Waals surface area contributed by atoms with Crippen molar-refractivity contribution in [1.82, 2.24) is 0 Å². The molecule has 0 aromatic heterocycles. The molecule has 0 heterocycles. The number of nitrogens with two attached hydrogens (primary N) is 1. The first-order valence-electron chi connectivity index (χ1n) is 7.28. The van der Waals surface area contributed by atoms with Gasteiger partial charge in [0.15, 0.2) is 0 Å². The van der Waals surface area contributed by atoms with Gasteiger partial charge >= 0.3 is 0 Å². The predicted molar refractivity (Wildman–Crippen MR) is 83.9 cm³/mol. The summed E-state index contributed by atoms with van der Waals surface area (Å²) in [5.74, 6) is -0.0895. The molecule has 21 heavy (non-hydrogen) atoms. The lowest BCUT2D eigenvalue weighted by atomic mass is 10.2. The maximum absolute atomic E-state index is 13.0. The fourth-order valence-corrected chi connectivity index (χ4v) is 4.16. The highest BCUT2D eigenvalue weighted by atomic mass is 32.2. The molecule has 4 nitrogen and oxygen atoms in total. The highest BCUT2D eigenvalue weighted by molar-refractivity contribution is 7.85. The molecule has 1 atom stereocenters. The first-order chi connectivity index (χ1) is 10.1. The molecule has 116 valence electrons. The molecule has 1 fully saturated rings. The quantitative estimate of drug-likeness (QED) is 0.793. The van der Waals surface area contributed by atoms with Crippen LogP contribution in [0.25, 0.3) is 0 Å². The lowest BCUT2D eigenvalue weighted by Crippen LogP contribution is -2.16. The van der Waals surface area contributed by atoms with Crippen LogP contribution in [0, 0.1) is 5.82 Å². The molecule has 0 radical (unpaired) electrons. The van der Waals surface area contributed by atoms with Gasteiger partial charge in [0.1, 0.15) is 5.82 Å². The van der Waals surface area contributed by atoms with E-state index in [9.17, 15) is 13.4 Å². The summed E-state index contributed by atoms with van der Waals surface area (Å²) in [6.45, 7) is 0. The van der Waals surface area contributed by atoms with Gasteiger partial charge in [0, 0.05) is 33.9 Å². The standard InChI is InChI=1S/C15H21FN2O2S/c16-13-8-7-11(10-14(13)17)18-15(19)6-3-9-21(20)12-4-1-2-5-12/h7-8,10,12H,1-6,9,17H2,(H,18,19). The van der Waals surface area contributed by atoms with E-state index in [1.807, 2.05) is 0 Å². The van der Waals surface area contributed by atoms with E-state index < -0.39 is 16.6 Å². The Bertz CT molecular complexity index is 530. The summed E-state index contributed by atoms with van der Waals surface area (Å²) in [6, 6.07) is 4.09. The minimum atomic E-state index is -0.815. The van der Waals surface area contributed by atoms with Gasteiger partial charge in [0.05, 0.1) is 5.69 Å². The number of carbonyl (C=O) groups excluding carboxylic acids is 1. The monoisotopic (exact) mass is 312 g/mol. The van der Waals surface area contributed by atoms with Gasteiger partial charge in [0.2, 0.25) is 5.91 Å². The van der Waals surface area contributed by atoms with Crippen molar-refractivity contribution in [2.75, 3.05) is 16.8 Å². The molecule has 0 aliphatic heterocycles. The number of anilines is 2. The highest BCUT2D eigenvalue weighted by Gasteiger charge is 2.20. The Kier molecular flexibility index (Phi) is 5.73. The second-order valence-corrected chi connectivity index (χ2v) is 7.22. The number of hydrogen-bond donors (Lipinski definition) is 2. The minimum absolute atomic E-state index is 0.00939. The number of hydrogen-bond acceptors (Lipinski definition) is 3. The van der Waals surface area contributed by atoms with Crippen molar-refractivity contribution in [3.8, 4) is 0 Å². The second-order valence-electron chi connectivity index (χ2n) is 5.38. The fourth-order valence-electron chi connectivity index (χ4n) is 2.54. The minimum Gasteiger partial charge on any atom is -0.396 e. The van der Waals surface area contributed by atoms with Gasteiger partial charge in [-0.05, 0) is 37.5 Å². The molecule has 1 aliphatic rings. The van der Waals surface area contributed by atoms with Crippen LogP contribution in [-0.4, -0.2) is 21.1 Å². The summed E-state index contributed by atoms with van der Waals surface area (Å²) in [5, 5.41) is 2.99. The highest BCUT2D eigenvalue weighted by Crippen LogP contribution is 2.23. The Morgan fingerprint density at radius 2 is 2.10 bits per heavy atom. The Morgan fingerprint density at radius 1 is 1.38 bits per heavy atom. The van der Waals surface area contributed by atoms with Gasteiger partial charge in [-0.3, -0.25) is 9.00 Å². The van der Waals surface area contributed by atoms with E-state index in [1.165, 1.54) is 31.0 Å². The average Bonchev–Trinajstić information content (AvgIpc) is 2.97. The summed E-state index contributed by atoms with van der Waals surface area (Å²) >= 11 is 0. The number of nitrogens with one attached hydrogen (secondary N) is 1. The van der Waals surface area contributed by atoms with Crippen LogP contribution in [0.15, 0.2) is 18.2 Å². The Morgan fingerprint density at radius 3 is 2.76 bits per heavy atom. The van der Waals surface area contributed by atoms with Crippen molar-refractivity contribution in [2.24, 2.45) is 0 Å². The third-order valence-corrected chi connectivity index (χ3v) is 5.61. The first kappa shape index (κ1) is 15.9. The van der Waals surface area contributed by atoms with Crippen LogP contribution < -0.4 is 11.1 Å². The van der Waals surface area contributed by atoms with E-state index in [0.29, 0.717) is 29.5 Å². The van der Waals surface area contributed by atoms with Crippen LogP contribution in [0.2, 0.25) is 0 Å². The molecule has 0 spiro atoms. The van der Waals surface area contributed by atoms with Crippen LogP contribution in [0.1, 0.15) is 38.5 Å². The maximum atomic E-state index is 13.0. The number of nitrogen functional groups attached to an aromatic ring is 1. The lowest BCUT2D eigenvalue weighted by Gasteiger charge is -2.09. The zero-order chi connectivity index (χ0) is 15.2. The zero-order valence-electron chi connectivity index (χ0n) is 11.9. The maximum Gasteiger partial charge on any atom is 0.224 e. The summed E-state index contributed by atoms with van der Waals surface area (Å²) in [6.07, 6.45) is 5.36. The van der Waals surface area contributed by atoms with E-state index in [1.54, 1.807) is 0 Å². The molecule has 0 bridgehead atoms. The smallest absolute Gasteiger partial charge is 0.224 e. The Balaban J connectivity index is 1.71. The van der Waals surface area contributed by atoms with E-state index in [4.69, 9.17) is 5.73 Å². The number of halogens is 1. The average molecular weight is 312 g/mol. The molecular weight excluding hydrogens is 291 g/mol. The van der Waals surface area contributed by atoms with Crippen LogP contribution in [0.3, 0.4) is 0 Å². The predicted octanol–water partition coefficient (Wildman–Crippen LogP) is 2.82. The third kappa shape index (κ3) is 4.81.